The molecule has 0 radical (unpaired) electrons. The molecular formula is C11H19NO. The Kier molecular flexibility index (Phi) is 4.27. The summed E-state index contributed by atoms with van der Waals surface area (Å²) in [5, 5.41) is 3.38. The Morgan fingerprint density at radius 1 is 1.62 bits per heavy atom. The molecule has 3 unspecified atom stereocenters. The minimum atomic E-state index is 0.325. The van der Waals surface area contributed by atoms with E-state index in [4.69, 9.17) is 11.2 Å². The fraction of sp³-hybridized carbons (Fsp3) is 0.818. The molecule has 2 nitrogen and oxygen atoms in total. The van der Waals surface area contributed by atoms with Crippen LogP contribution in [0.25, 0.3) is 0 Å². The third kappa shape index (κ3) is 3.02. The summed E-state index contributed by atoms with van der Waals surface area (Å²) in [5.41, 5.74) is 0. The second-order valence-corrected chi connectivity index (χ2v) is 3.63. The van der Waals surface area contributed by atoms with Crippen molar-refractivity contribution in [3.8, 4) is 12.3 Å². The van der Waals surface area contributed by atoms with Crippen molar-refractivity contribution in [3.63, 3.8) is 0 Å². The summed E-state index contributed by atoms with van der Waals surface area (Å²) in [7, 11) is 0. The van der Waals surface area contributed by atoms with E-state index in [9.17, 15) is 0 Å². The molecule has 0 spiro atoms. The van der Waals surface area contributed by atoms with E-state index in [0.29, 0.717) is 18.2 Å². The van der Waals surface area contributed by atoms with Crippen LogP contribution in [0.15, 0.2) is 0 Å². The van der Waals surface area contributed by atoms with Gasteiger partial charge in [-0.25, -0.2) is 0 Å². The maximum atomic E-state index is 5.77. The van der Waals surface area contributed by atoms with E-state index in [2.05, 4.69) is 25.1 Å². The highest BCUT2D eigenvalue weighted by Gasteiger charge is 2.28. The first-order chi connectivity index (χ1) is 6.27. The average molecular weight is 181 g/mol. The van der Waals surface area contributed by atoms with Gasteiger partial charge in [-0.05, 0) is 26.3 Å². The third-order valence-corrected chi connectivity index (χ3v) is 2.52. The van der Waals surface area contributed by atoms with Crippen molar-refractivity contribution in [2.75, 3.05) is 6.54 Å². The molecule has 0 aliphatic carbocycles. The lowest BCUT2D eigenvalue weighted by atomic mass is 10.0. The van der Waals surface area contributed by atoms with Crippen LogP contribution >= 0.6 is 0 Å². The van der Waals surface area contributed by atoms with Crippen molar-refractivity contribution in [1.82, 2.24) is 5.32 Å². The number of rotatable bonds is 4. The van der Waals surface area contributed by atoms with Crippen LogP contribution in [-0.2, 0) is 4.74 Å². The molecule has 1 aliphatic heterocycles. The Bertz CT molecular complexity index is 185. The molecule has 13 heavy (non-hydrogen) atoms. The smallest absolute Gasteiger partial charge is 0.0741 e. The highest BCUT2D eigenvalue weighted by Crippen LogP contribution is 2.22. The third-order valence-electron chi connectivity index (χ3n) is 2.52. The van der Waals surface area contributed by atoms with E-state index in [1.807, 2.05) is 0 Å². The molecule has 0 saturated carbocycles. The van der Waals surface area contributed by atoms with Crippen molar-refractivity contribution >= 4 is 0 Å². The predicted octanol–water partition coefficient (Wildman–Crippen LogP) is 1.56. The topological polar surface area (TPSA) is 21.3 Å². The molecule has 1 saturated heterocycles. The Balaban J connectivity index is 2.40. The monoisotopic (exact) mass is 181 g/mol. The van der Waals surface area contributed by atoms with Gasteiger partial charge in [-0.15, -0.1) is 12.3 Å². The molecule has 74 valence electrons. The number of nitrogens with one attached hydrogen (secondary N) is 1. The largest absolute Gasteiger partial charge is 0.374 e. The lowest BCUT2D eigenvalue weighted by Crippen LogP contribution is -2.39. The van der Waals surface area contributed by atoms with Gasteiger partial charge in [0.05, 0.1) is 12.2 Å². The average Bonchev–Trinajstić information content (AvgIpc) is 2.51. The van der Waals surface area contributed by atoms with E-state index < -0.39 is 0 Å². The highest BCUT2D eigenvalue weighted by atomic mass is 16.5. The zero-order valence-electron chi connectivity index (χ0n) is 8.55. The van der Waals surface area contributed by atoms with Crippen molar-refractivity contribution in [2.45, 2.75) is 51.4 Å². The second-order valence-electron chi connectivity index (χ2n) is 3.63. The van der Waals surface area contributed by atoms with Gasteiger partial charge < -0.3 is 10.1 Å². The van der Waals surface area contributed by atoms with Crippen molar-refractivity contribution in [2.24, 2.45) is 0 Å². The first kappa shape index (κ1) is 10.6. The Labute approximate surface area is 81.0 Å². The molecule has 2 heteroatoms. The molecule has 1 aliphatic rings. The van der Waals surface area contributed by atoms with Gasteiger partial charge in [0.2, 0.25) is 0 Å². The molecule has 1 rings (SSSR count). The van der Waals surface area contributed by atoms with Crippen LogP contribution in [0.1, 0.15) is 33.1 Å². The van der Waals surface area contributed by atoms with Crippen molar-refractivity contribution in [3.05, 3.63) is 0 Å². The summed E-state index contributed by atoms with van der Waals surface area (Å²) < 4.78 is 5.77. The molecular weight excluding hydrogens is 162 g/mol. The van der Waals surface area contributed by atoms with Gasteiger partial charge in [0.25, 0.3) is 0 Å². The van der Waals surface area contributed by atoms with Gasteiger partial charge >= 0.3 is 0 Å². The van der Waals surface area contributed by atoms with E-state index in [1.54, 1.807) is 0 Å². The number of ether oxygens (including phenoxy) is 1. The van der Waals surface area contributed by atoms with Crippen LogP contribution in [0.2, 0.25) is 0 Å². The summed E-state index contributed by atoms with van der Waals surface area (Å²) in [5.74, 6) is 2.70. The van der Waals surface area contributed by atoms with E-state index in [-0.39, 0.29) is 0 Å². The molecule has 3 atom stereocenters. The number of hydrogen-bond acceptors (Lipinski definition) is 2. The van der Waals surface area contributed by atoms with Crippen molar-refractivity contribution in [1.29, 1.82) is 0 Å². The number of terminal acetylenes is 1. The lowest BCUT2D eigenvalue weighted by Gasteiger charge is -2.22. The highest BCUT2D eigenvalue weighted by molar-refractivity contribution is 4.94. The maximum Gasteiger partial charge on any atom is 0.0741 e. The first-order valence-corrected chi connectivity index (χ1v) is 5.10. The van der Waals surface area contributed by atoms with Crippen LogP contribution in [0.3, 0.4) is 0 Å². The minimum Gasteiger partial charge on any atom is -0.374 e. The summed E-state index contributed by atoms with van der Waals surface area (Å²) in [6.45, 7) is 5.18. The Morgan fingerprint density at radius 2 is 2.38 bits per heavy atom. The SMILES string of the molecule is C#CCC(NCC)C1CCC(C)O1. The van der Waals surface area contributed by atoms with E-state index in [1.165, 1.54) is 0 Å². The number of likely N-dealkylation sites (N-methyl/N-ethyl adjacent to an activating group) is 1. The van der Waals surface area contributed by atoms with Crippen LogP contribution in [0.4, 0.5) is 0 Å². The van der Waals surface area contributed by atoms with Crippen LogP contribution < -0.4 is 5.32 Å². The summed E-state index contributed by atoms with van der Waals surface area (Å²) in [4.78, 5) is 0. The van der Waals surface area contributed by atoms with Gasteiger partial charge in [0.1, 0.15) is 0 Å². The summed E-state index contributed by atoms with van der Waals surface area (Å²) in [6.07, 6.45) is 9.12. The summed E-state index contributed by atoms with van der Waals surface area (Å²) in [6, 6.07) is 0.347. The summed E-state index contributed by atoms with van der Waals surface area (Å²) >= 11 is 0. The van der Waals surface area contributed by atoms with Crippen LogP contribution in [0.5, 0.6) is 0 Å². The molecule has 0 aromatic rings. The Hall–Kier alpha value is -0.520. The zero-order valence-corrected chi connectivity index (χ0v) is 8.55. The zero-order chi connectivity index (χ0) is 9.68. The Morgan fingerprint density at radius 3 is 2.85 bits per heavy atom. The second kappa shape index (κ2) is 5.26. The van der Waals surface area contributed by atoms with Crippen LogP contribution in [0, 0.1) is 12.3 Å². The van der Waals surface area contributed by atoms with E-state index >= 15 is 0 Å². The van der Waals surface area contributed by atoms with Gasteiger partial charge in [0, 0.05) is 12.5 Å². The molecule has 1 fully saturated rings. The quantitative estimate of drug-likeness (QED) is 0.664. The van der Waals surface area contributed by atoms with Gasteiger partial charge in [-0.2, -0.15) is 0 Å². The van der Waals surface area contributed by atoms with E-state index in [0.717, 1.165) is 25.8 Å². The van der Waals surface area contributed by atoms with Gasteiger partial charge in [-0.1, -0.05) is 6.92 Å². The number of hydrogen-bond donors (Lipinski definition) is 1. The molecule has 0 bridgehead atoms. The molecule has 0 amide bonds. The molecule has 0 aromatic heterocycles. The molecule has 1 heterocycles. The van der Waals surface area contributed by atoms with Gasteiger partial charge in [-0.3, -0.25) is 0 Å². The maximum absolute atomic E-state index is 5.77. The van der Waals surface area contributed by atoms with Crippen molar-refractivity contribution < 1.29 is 4.74 Å². The lowest BCUT2D eigenvalue weighted by molar-refractivity contribution is 0.0334. The van der Waals surface area contributed by atoms with Crippen LogP contribution in [-0.4, -0.2) is 24.8 Å². The first-order valence-electron chi connectivity index (χ1n) is 5.10. The predicted molar refractivity (Wildman–Crippen MR) is 54.5 cm³/mol. The fourth-order valence-electron chi connectivity index (χ4n) is 1.85. The normalized spacial score (nSPS) is 29.9. The van der Waals surface area contributed by atoms with Gasteiger partial charge in [0.15, 0.2) is 0 Å². The molecule has 0 aromatic carbocycles. The minimum absolute atomic E-state index is 0.325. The molecule has 1 N–H and O–H groups in total. The standard InChI is InChI=1S/C11H19NO/c1-4-6-10(12-5-2)11-8-7-9(3)13-11/h1,9-12H,5-8H2,2-3H3. The fourth-order valence-corrected chi connectivity index (χ4v) is 1.85.